The Hall–Kier alpha value is -1.76. The lowest BCUT2D eigenvalue weighted by Crippen LogP contribution is -2.50. The van der Waals surface area contributed by atoms with Crippen LogP contribution in [0.1, 0.15) is 44.9 Å². The first-order chi connectivity index (χ1) is 12.1. The van der Waals surface area contributed by atoms with Gasteiger partial charge in [0.1, 0.15) is 0 Å². The lowest BCUT2D eigenvalue weighted by atomic mass is 9.78. The Balaban J connectivity index is 1.48. The largest absolute Gasteiger partial charge is 0.393 e. The van der Waals surface area contributed by atoms with Crippen LogP contribution in [0.5, 0.6) is 0 Å². The minimum absolute atomic E-state index is 0.205. The summed E-state index contributed by atoms with van der Waals surface area (Å²) in [5, 5.41) is 9.71. The van der Waals surface area contributed by atoms with Gasteiger partial charge in [0.05, 0.1) is 23.9 Å². The Morgan fingerprint density at radius 2 is 1.84 bits per heavy atom. The molecule has 1 aromatic heterocycles. The second kappa shape index (κ2) is 6.52. The van der Waals surface area contributed by atoms with Crippen molar-refractivity contribution in [3.8, 4) is 0 Å². The molecule has 1 saturated carbocycles. The van der Waals surface area contributed by atoms with Crippen LogP contribution >= 0.6 is 0 Å². The summed E-state index contributed by atoms with van der Waals surface area (Å²) in [6.07, 6.45) is 8.21. The first-order valence-electron chi connectivity index (χ1n) is 9.29. The molecule has 4 rings (SSSR count). The number of aromatic nitrogens is 2. The number of aliphatic hydroxyl groups excluding tert-OH is 1. The zero-order valence-corrected chi connectivity index (χ0v) is 14.4. The number of anilines is 1. The van der Waals surface area contributed by atoms with Crippen molar-refractivity contribution in [1.29, 1.82) is 0 Å². The number of nitrogens with zero attached hydrogens (tertiary/aromatic N) is 4. The Labute approximate surface area is 147 Å². The monoisotopic (exact) mass is 348 g/mol. The van der Waals surface area contributed by atoms with Crippen LogP contribution in [-0.2, 0) is 4.79 Å². The molecule has 6 nitrogen and oxygen atoms in total. The smallest absolute Gasteiger partial charge is 0.230 e. The Bertz CT molecular complexity index is 632. The zero-order valence-electron chi connectivity index (χ0n) is 14.4. The van der Waals surface area contributed by atoms with Gasteiger partial charge in [-0.25, -0.2) is 14.4 Å². The summed E-state index contributed by atoms with van der Waals surface area (Å²) in [6, 6.07) is 0.271. The molecule has 3 aliphatic rings. The van der Waals surface area contributed by atoms with Crippen LogP contribution in [0.2, 0.25) is 0 Å². The van der Waals surface area contributed by atoms with Crippen molar-refractivity contribution in [2.24, 2.45) is 5.41 Å². The zero-order chi connectivity index (χ0) is 17.4. The van der Waals surface area contributed by atoms with Crippen molar-refractivity contribution in [3.63, 3.8) is 0 Å². The fraction of sp³-hybridized carbons (Fsp3) is 0.722. The van der Waals surface area contributed by atoms with Crippen molar-refractivity contribution >= 4 is 11.9 Å². The minimum atomic E-state index is -0.446. The van der Waals surface area contributed by atoms with E-state index < -0.39 is 5.82 Å². The van der Waals surface area contributed by atoms with Crippen LogP contribution in [0.15, 0.2) is 12.4 Å². The quantitative estimate of drug-likeness (QED) is 0.882. The Kier molecular flexibility index (Phi) is 4.35. The van der Waals surface area contributed by atoms with Crippen molar-refractivity contribution in [1.82, 2.24) is 14.9 Å². The molecule has 1 spiro atoms. The van der Waals surface area contributed by atoms with Gasteiger partial charge in [-0.3, -0.25) is 4.79 Å². The molecule has 2 saturated heterocycles. The van der Waals surface area contributed by atoms with E-state index in [-0.39, 0.29) is 23.5 Å². The van der Waals surface area contributed by atoms with E-state index in [0.717, 1.165) is 58.0 Å². The number of rotatable bonds is 2. The normalized spacial score (nSPS) is 33.3. The first-order valence-corrected chi connectivity index (χ1v) is 9.29. The molecule has 136 valence electrons. The highest BCUT2D eigenvalue weighted by atomic mass is 19.1. The number of carbonyl (C=O) groups is 1. The molecule has 0 bridgehead atoms. The summed E-state index contributed by atoms with van der Waals surface area (Å²) < 4.78 is 13.1. The molecule has 1 N–H and O–H groups in total. The van der Waals surface area contributed by atoms with Gasteiger partial charge in [0, 0.05) is 25.7 Å². The van der Waals surface area contributed by atoms with Gasteiger partial charge in [0.25, 0.3) is 0 Å². The van der Waals surface area contributed by atoms with E-state index in [1.54, 1.807) is 0 Å². The third-order valence-corrected chi connectivity index (χ3v) is 6.12. The van der Waals surface area contributed by atoms with Crippen LogP contribution in [-0.4, -0.2) is 57.7 Å². The molecule has 0 unspecified atom stereocenters. The van der Waals surface area contributed by atoms with Gasteiger partial charge in [0.15, 0.2) is 5.82 Å². The maximum atomic E-state index is 13.2. The number of piperidine rings is 1. The highest BCUT2D eigenvalue weighted by molar-refractivity contribution is 5.86. The summed E-state index contributed by atoms with van der Waals surface area (Å²) in [5.74, 6) is 0.311. The highest BCUT2D eigenvalue weighted by Gasteiger charge is 2.50. The molecule has 1 atom stereocenters. The first kappa shape index (κ1) is 16.7. The van der Waals surface area contributed by atoms with Gasteiger partial charge in [-0.05, 0) is 44.9 Å². The molecule has 1 aliphatic carbocycles. The van der Waals surface area contributed by atoms with Gasteiger partial charge in [-0.2, -0.15) is 0 Å². The summed E-state index contributed by atoms with van der Waals surface area (Å²) in [7, 11) is 0. The Morgan fingerprint density at radius 1 is 1.12 bits per heavy atom. The third kappa shape index (κ3) is 3.10. The van der Waals surface area contributed by atoms with E-state index in [1.165, 1.54) is 12.4 Å². The molecule has 0 aromatic carbocycles. The maximum Gasteiger partial charge on any atom is 0.230 e. The molecule has 3 fully saturated rings. The summed E-state index contributed by atoms with van der Waals surface area (Å²) in [6.45, 7) is 2.22. The van der Waals surface area contributed by atoms with E-state index in [0.29, 0.717) is 12.5 Å². The lowest BCUT2D eigenvalue weighted by Gasteiger charge is -2.40. The van der Waals surface area contributed by atoms with Gasteiger partial charge < -0.3 is 14.9 Å². The number of hydrogen-bond acceptors (Lipinski definition) is 5. The van der Waals surface area contributed by atoms with Crippen LogP contribution in [0.4, 0.5) is 10.3 Å². The van der Waals surface area contributed by atoms with Crippen molar-refractivity contribution < 1.29 is 14.3 Å². The second-order valence-corrected chi connectivity index (χ2v) is 7.72. The maximum absolute atomic E-state index is 13.2. The van der Waals surface area contributed by atoms with Gasteiger partial charge in [0.2, 0.25) is 11.9 Å². The highest BCUT2D eigenvalue weighted by Crippen LogP contribution is 2.43. The van der Waals surface area contributed by atoms with Crippen LogP contribution in [0, 0.1) is 11.2 Å². The molecule has 1 amide bonds. The minimum Gasteiger partial charge on any atom is -0.393 e. The average molecular weight is 348 g/mol. The predicted octanol–water partition coefficient (Wildman–Crippen LogP) is 1.74. The molecule has 2 aliphatic heterocycles. The summed E-state index contributed by atoms with van der Waals surface area (Å²) in [5.41, 5.74) is -0.355. The Morgan fingerprint density at radius 3 is 2.56 bits per heavy atom. The number of hydrogen-bond donors (Lipinski definition) is 1. The summed E-state index contributed by atoms with van der Waals surface area (Å²) >= 11 is 0. The van der Waals surface area contributed by atoms with Gasteiger partial charge in [-0.1, -0.05) is 0 Å². The van der Waals surface area contributed by atoms with E-state index in [4.69, 9.17) is 0 Å². The topological polar surface area (TPSA) is 69.6 Å². The van der Waals surface area contributed by atoms with Crippen LogP contribution in [0.3, 0.4) is 0 Å². The molecule has 1 aromatic rings. The van der Waals surface area contributed by atoms with E-state index in [1.807, 2.05) is 4.90 Å². The van der Waals surface area contributed by atoms with Gasteiger partial charge >= 0.3 is 0 Å². The fourth-order valence-corrected chi connectivity index (χ4v) is 4.72. The standard InChI is InChI=1S/C18H25FN4O2/c19-13-10-20-17(21-11-13)22-8-1-6-18(12-22)7-9-23(16(18)25)14-2-4-15(24)5-3-14/h10-11,14-15,24H,1-9,12H2/t14-,15-,18-/m1/s1. The molecule has 0 radical (unpaired) electrons. The molecule has 3 heterocycles. The van der Waals surface area contributed by atoms with E-state index in [2.05, 4.69) is 14.9 Å². The molecule has 25 heavy (non-hydrogen) atoms. The molecule has 7 heteroatoms. The third-order valence-electron chi connectivity index (χ3n) is 6.12. The van der Waals surface area contributed by atoms with E-state index in [9.17, 15) is 14.3 Å². The number of likely N-dealkylation sites (tertiary alicyclic amines) is 1. The van der Waals surface area contributed by atoms with E-state index >= 15 is 0 Å². The number of amides is 1. The van der Waals surface area contributed by atoms with Crippen LogP contribution in [0.25, 0.3) is 0 Å². The van der Waals surface area contributed by atoms with Crippen LogP contribution < -0.4 is 4.90 Å². The SMILES string of the molecule is O=C1N([C@H]2CC[C@H](O)CC2)CC[C@@]12CCCN(c1ncc(F)cn1)C2. The van der Waals surface area contributed by atoms with Crippen molar-refractivity contribution in [2.75, 3.05) is 24.5 Å². The second-order valence-electron chi connectivity index (χ2n) is 7.72. The summed E-state index contributed by atoms with van der Waals surface area (Å²) in [4.78, 5) is 25.5. The number of halogens is 1. The predicted molar refractivity (Wildman–Crippen MR) is 90.5 cm³/mol. The molecular formula is C18H25FN4O2. The van der Waals surface area contributed by atoms with Gasteiger partial charge in [-0.15, -0.1) is 0 Å². The number of aliphatic hydroxyl groups is 1. The average Bonchev–Trinajstić information content (AvgIpc) is 2.93. The van der Waals surface area contributed by atoms with Crippen molar-refractivity contribution in [3.05, 3.63) is 18.2 Å². The van der Waals surface area contributed by atoms with Crippen molar-refractivity contribution in [2.45, 2.75) is 57.1 Å². The molecular weight excluding hydrogens is 323 g/mol. The lowest BCUT2D eigenvalue weighted by molar-refractivity contribution is -0.139. The fourth-order valence-electron chi connectivity index (χ4n) is 4.72. The number of carbonyl (C=O) groups excluding carboxylic acids is 1.